The molecule has 1 aliphatic heterocycles. The molecule has 1 N–H and O–H groups in total. The minimum absolute atomic E-state index is 0.0752. The van der Waals surface area contributed by atoms with Crippen molar-refractivity contribution >= 4 is 29.5 Å². The van der Waals surface area contributed by atoms with Crippen molar-refractivity contribution in [3.05, 3.63) is 47.3 Å². The minimum Gasteiger partial charge on any atom is -0.548 e. The summed E-state index contributed by atoms with van der Waals surface area (Å²) in [5.41, 5.74) is 0.0326. The number of aryl methyl sites for hydroxylation is 2. The Kier molecular flexibility index (Phi) is 5.23. The van der Waals surface area contributed by atoms with Gasteiger partial charge in [-0.05, 0) is 38.1 Å². The lowest BCUT2D eigenvalue weighted by Gasteiger charge is -2.38. The number of anilines is 1. The summed E-state index contributed by atoms with van der Waals surface area (Å²) in [5.74, 6) is -2.69. The van der Waals surface area contributed by atoms with Gasteiger partial charge in [-0.3, -0.25) is 10.1 Å². The van der Waals surface area contributed by atoms with Crippen molar-refractivity contribution in [1.82, 2.24) is 15.3 Å². The van der Waals surface area contributed by atoms with Gasteiger partial charge in [0.25, 0.3) is 5.95 Å². The highest BCUT2D eigenvalue weighted by molar-refractivity contribution is 6.13. The van der Waals surface area contributed by atoms with E-state index in [1.54, 1.807) is 19.9 Å². The van der Waals surface area contributed by atoms with E-state index in [1.807, 2.05) is 0 Å². The van der Waals surface area contributed by atoms with Gasteiger partial charge in [-0.25, -0.2) is 9.97 Å². The largest absolute Gasteiger partial charge is 0.548 e. The molecular formula is C18H15F3N5O3-. The number of carbonyl (C=O) groups is 2. The van der Waals surface area contributed by atoms with Crippen molar-refractivity contribution in [2.24, 2.45) is 4.99 Å². The van der Waals surface area contributed by atoms with Gasteiger partial charge in [0.05, 0.1) is 24.0 Å². The van der Waals surface area contributed by atoms with Gasteiger partial charge < -0.3 is 14.8 Å². The first-order valence-electron chi connectivity index (χ1n) is 8.43. The number of halogens is 3. The maximum absolute atomic E-state index is 13.1. The van der Waals surface area contributed by atoms with Crippen LogP contribution in [0.5, 0.6) is 0 Å². The lowest BCUT2D eigenvalue weighted by Crippen LogP contribution is -2.61. The molecule has 1 saturated heterocycles. The van der Waals surface area contributed by atoms with Crippen LogP contribution in [0.15, 0.2) is 35.3 Å². The Morgan fingerprint density at radius 1 is 1.24 bits per heavy atom. The standard InChI is InChI=1S/C18H16F3N5O3/c1-9-6-10(2)23-16(22-9)25-17-24-14(27)8-13(15(28)29)26(17)12-5-3-4-11(7-12)18(19,20)21/h3-7,13H,8H2,1-2H3,(H,28,29)(H,22,23,24,25,27)/p-1/t13-/m1/s1. The number of amides is 1. The van der Waals surface area contributed by atoms with Gasteiger partial charge in [-0.1, -0.05) is 6.07 Å². The quantitative estimate of drug-likeness (QED) is 0.821. The summed E-state index contributed by atoms with van der Waals surface area (Å²) in [6.45, 7) is 3.37. The van der Waals surface area contributed by atoms with Crippen molar-refractivity contribution in [2.75, 3.05) is 4.90 Å². The van der Waals surface area contributed by atoms with Crippen LogP contribution in [0, 0.1) is 13.8 Å². The first kappa shape index (κ1) is 20.2. The van der Waals surface area contributed by atoms with Crippen LogP contribution in [0.2, 0.25) is 0 Å². The number of carboxylic acid groups (broad SMARTS) is 1. The molecule has 2 aromatic rings. The Hall–Kier alpha value is -3.50. The number of rotatable bonds is 3. The second kappa shape index (κ2) is 7.49. The van der Waals surface area contributed by atoms with Crippen LogP contribution >= 0.6 is 0 Å². The van der Waals surface area contributed by atoms with E-state index in [9.17, 15) is 27.9 Å². The lowest BCUT2D eigenvalue weighted by atomic mass is 10.1. The van der Waals surface area contributed by atoms with Crippen LogP contribution in [0.4, 0.5) is 24.8 Å². The number of carbonyl (C=O) groups excluding carboxylic acids is 2. The molecule has 0 radical (unpaired) electrons. The Labute approximate surface area is 163 Å². The maximum atomic E-state index is 13.1. The smallest absolute Gasteiger partial charge is 0.416 e. The second-order valence-corrected chi connectivity index (χ2v) is 6.39. The number of nitrogens with zero attached hydrogens (tertiary/aromatic N) is 4. The third-order valence-corrected chi connectivity index (χ3v) is 4.07. The number of alkyl halides is 3. The highest BCUT2D eigenvalue weighted by Gasteiger charge is 2.36. The van der Waals surface area contributed by atoms with Crippen molar-refractivity contribution in [1.29, 1.82) is 0 Å². The maximum Gasteiger partial charge on any atom is 0.416 e. The van der Waals surface area contributed by atoms with Gasteiger partial charge in [0.2, 0.25) is 11.9 Å². The van der Waals surface area contributed by atoms with E-state index in [0.29, 0.717) is 11.4 Å². The molecule has 1 amide bonds. The third-order valence-electron chi connectivity index (χ3n) is 4.07. The number of guanidine groups is 1. The van der Waals surface area contributed by atoms with E-state index in [1.165, 1.54) is 6.07 Å². The Bertz CT molecular complexity index is 986. The van der Waals surface area contributed by atoms with Crippen LogP contribution in [-0.2, 0) is 15.8 Å². The molecule has 1 aliphatic rings. The second-order valence-electron chi connectivity index (χ2n) is 6.39. The van der Waals surface area contributed by atoms with E-state index in [0.717, 1.165) is 23.1 Å². The highest BCUT2D eigenvalue weighted by atomic mass is 19.4. The summed E-state index contributed by atoms with van der Waals surface area (Å²) in [6, 6.07) is 4.15. The number of aliphatic carboxylic acids is 1. The molecule has 152 valence electrons. The van der Waals surface area contributed by atoms with Gasteiger partial charge in [-0.15, -0.1) is 0 Å². The van der Waals surface area contributed by atoms with E-state index < -0.39 is 36.1 Å². The number of aliphatic imine (C=N–C) groups is 1. The lowest BCUT2D eigenvalue weighted by molar-refractivity contribution is -0.307. The minimum atomic E-state index is -4.64. The summed E-state index contributed by atoms with van der Waals surface area (Å²) in [7, 11) is 0. The Morgan fingerprint density at radius 3 is 2.48 bits per heavy atom. The van der Waals surface area contributed by atoms with E-state index >= 15 is 0 Å². The van der Waals surface area contributed by atoms with Crippen LogP contribution in [0.1, 0.15) is 23.4 Å². The first-order valence-corrected chi connectivity index (χ1v) is 8.43. The third kappa shape index (κ3) is 4.50. The van der Waals surface area contributed by atoms with Crippen LogP contribution in [0.25, 0.3) is 0 Å². The van der Waals surface area contributed by atoms with Crippen molar-refractivity contribution in [3.8, 4) is 0 Å². The summed E-state index contributed by atoms with van der Waals surface area (Å²) >= 11 is 0. The number of carboxylic acids is 1. The average molecular weight is 406 g/mol. The molecule has 0 unspecified atom stereocenters. The number of benzene rings is 1. The number of hydrogen-bond acceptors (Lipinski definition) is 6. The fourth-order valence-electron chi connectivity index (χ4n) is 2.91. The van der Waals surface area contributed by atoms with Gasteiger partial charge in [0, 0.05) is 17.1 Å². The molecule has 8 nitrogen and oxygen atoms in total. The summed E-state index contributed by atoms with van der Waals surface area (Å²) in [6.07, 6.45) is -5.16. The van der Waals surface area contributed by atoms with Gasteiger partial charge in [0.1, 0.15) is 0 Å². The van der Waals surface area contributed by atoms with Crippen LogP contribution in [0.3, 0.4) is 0 Å². The SMILES string of the molecule is Cc1cc(C)nc(/N=C2\NC(=O)C[C@H](C(=O)[O-])N2c2cccc(C(F)(F)F)c2)n1. The molecule has 2 heterocycles. The molecule has 0 spiro atoms. The van der Waals surface area contributed by atoms with Crippen molar-refractivity contribution < 1.29 is 27.9 Å². The van der Waals surface area contributed by atoms with Gasteiger partial charge in [0.15, 0.2) is 0 Å². The van der Waals surface area contributed by atoms with E-state index in [-0.39, 0.29) is 17.6 Å². The van der Waals surface area contributed by atoms with E-state index in [4.69, 9.17) is 0 Å². The zero-order valence-corrected chi connectivity index (χ0v) is 15.3. The molecule has 11 heteroatoms. The zero-order valence-electron chi connectivity index (χ0n) is 15.3. The molecule has 3 rings (SSSR count). The molecule has 1 fully saturated rings. The van der Waals surface area contributed by atoms with Crippen molar-refractivity contribution in [2.45, 2.75) is 32.5 Å². The molecule has 29 heavy (non-hydrogen) atoms. The zero-order chi connectivity index (χ0) is 21.3. The van der Waals surface area contributed by atoms with Gasteiger partial charge >= 0.3 is 6.18 Å². The molecular weight excluding hydrogens is 391 g/mol. The number of nitrogens with one attached hydrogen (secondary N) is 1. The van der Waals surface area contributed by atoms with Gasteiger partial charge in [-0.2, -0.15) is 18.2 Å². The average Bonchev–Trinajstić information content (AvgIpc) is 2.59. The molecule has 0 bridgehead atoms. The molecule has 0 saturated carbocycles. The first-order chi connectivity index (χ1) is 13.5. The van der Waals surface area contributed by atoms with Crippen LogP contribution < -0.4 is 15.3 Å². The highest BCUT2D eigenvalue weighted by Crippen LogP contribution is 2.33. The predicted octanol–water partition coefficient (Wildman–Crippen LogP) is 1.24. The molecule has 1 aromatic carbocycles. The number of aromatic nitrogens is 2. The Morgan fingerprint density at radius 2 is 1.90 bits per heavy atom. The van der Waals surface area contributed by atoms with Crippen molar-refractivity contribution in [3.63, 3.8) is 0 Å². The fourth-order valence-corrected chi connectivity index (χ4v) is 2.91. The monoisotopic (exact) mass is 406 g/mol. The Balaban J connectivity index is 2.15. The topological polar surface area (TPSA) is 111 Å². The normalized spacial score (nSPS) is 18.7. The molecule has 1 atom stereocenters. The number of hydrogen-bond donors (Lipinski definition) is 1. The summed E-state index contributed by atoms with van der Waals surface area (Å²) in [5, 5.41) is 14.0. The summed E-state index contributed by atoms with van der Waals surface area (Å²) < 4.78 is 39.4. The molecule has 0 aliphatic carbocycles. The molecule has 1 aromatic heterocycles. The summed E-state index contributed by atoms with van der Waals surface area (Å²) in [4.78, 5) is 36.8. The fraction of sp³-hybridized carbons (Fsp3) is 0.278. The van der Waals surface area contributed by atoms with E-state index in [2.05, 4.69) is 20.3 Å². The predicted molar refractivity (Wildman–Crippen MR) is 94.1 cm³/mol. The van der Waals surface area contributed by atoms with Crippen LogP contribution in [-0.4, -0.2) is 33.8 Å².